The maximum Gasteiger partial charge on any atom is 0.00823 e. The largest absolute Gasteiger partial charge is 0.311 e. The van der Waals surface area contributed by atoms with Crippen LogP contribution < -0.4 is 5.32 Å². The molecule has 2 fully saturated rings. The van der Waals surface area contributed by atoms with Crippen LogP contribution in [0.25, 0.3) is 0 Å². The van der Waals surface area contributed by atoms with Crippen molar-refractivity contribution in [1.29, 1.82) is 0 Å². The van der Waals surface area contributed by atoms with Crippen LogP contribution >= 0.6 is 0 Å². The van der Waals surface area contributed by atoms with E-state index in [2.05, 4.69) is 24.2 Å². The average molecular weight is 210 g/mol. The number of likely N-dealkylation sites (tertiary alicyclic amines) is 1. The van der Waals surface area contributed by atoms with Gasteiger partial charge < -0.3 is 10.2 Å². The minimum Gasteiger partial charge on any atom is -0.311 e. The highest BCUT2D eigenvalue weighted by atomic mass is 15.1. The highest BCUT2D eigenvalue weighted by Crippen LogP contribution is 2.29. The summed E-state index contributed by atoms with van der Waals surface area (Å²) >= 11 is 0. The second kappa shape index (κ2) is 5.31. The first-order chi connectivity index (χ1) is 7.25. The molecule has 1 N–H and O–H groups in total. The Kier molecular flexibility index (Phi) is 4.04. The molecule has 2 unspecified atom stereocenters. The first kappa shape index (κ1) is 11.4. The minimum atomic E-state index is 0.757. The van der Waals surface area contributed by atoms with E-state index in [1.165, 1.54) is 51.6 Å². The van der Waals surface area contributed by atoms with Gasteiger partial charge in [0.05, 0.1) is 0 Å². The van der Waals surface area contributed by atoms with Crippen LogP contribution in [0.4, 0.5) is 0 Å². The summed E-state index contributed by atoms with van der Waals surface area (Å²) in [5.41, 5.74) is 0. The summed E-state index contributed by atoms with van der Waals surface area (Å²) in [6.07, 6.45) is 8.46. The van der Waals surface area contributed by atoms with Crippen LogP contribution in [0.5, 0.6) is 0 Å². The lowest BCUT2D eigenvalue weighted by molar-refractivity contribution is 0.220. The maximum absolute atomic E-state index is 3.85. The van der Waals surface area contributed by atoms with Crippen molar-refractivity contribution in [3.63, 3.8) is 0 Å². The fourth-order valence-corrected chi connectivity index (χ4v) is 2.85. The van der Waals surface area contributed by atoms with E-state index in [1.807, 2.05) is 0 Å². The first-order valence-electron chi connectivity index (χ1n) is 6.70. The molecule has 1 aliphatic heterocycles. The molecule has 2 heteroatoms. The zero-order chi connectivity index (χ0) is 10.7. The molecule has 1 saturated carbocycles. The Balaban J connectivity index is 1.72. The van der Waals surface area contributed by atoms with Crippen LogP contribution in [-0.4, -0.2) is 37.1 Å². The number of hydrogen-bond acceptors (Lipinski definition) is 2. The van der Waals surface area contributed by atoms with Gasteiger partial charge in [0, 0.05) is 12.1 Å². The number of hydrogen-bond donors (Lipinski definition) is 1. The highest BCUT2D eigenvalue weighted by molar-refractivity contribution is 4.83. The van der Waals surface area contributed by atoms with Crippen LogP contribution in [0.1, 0.15) is 45.4 Å². The third-order valence-corrected chi connectivity index (χ3v) is 4.31. The molecular weight excluding hydrogens is 184 g/mol. The van der Waals surface area contributed by atoms with Crippen molar-refractivity contribution in [3.05, 3.63) is 0 Å². The normalized spacial score (nSPS) is 32.0. The Labute approximate surface area is 94.4 Å². The molecule has 88 valence electrons. The van der Waals surface area contributed by atoms with E-state index in [4.69, 9.17) is 0 Å². The molecule has 2 rings (SSSR count). The standard InChI is InChI=1S/C13H26N2/c1-11(12-5-3-6-12)14-13-7-4-9-15(2)10-8-13/h11-14H,3-10H2,1-2H3. The second-order valence-electron chi connectivity index (χ2n) is 5.58. The van der Waals surface area contributed by atoms with Crippen molar-refractivity contribution in [2.75, 3.05) is 20.1 Å². The van der Waals surface area contributed by atoms with Gasteiger partial charge in [0.2, 0.25) is 0 Å². The van der Waals surface area contributed by atoms with Crippen LogP contribution in [0.3, 0.4) is 0 Å². The predicted octanol–water partition coefficient (Wildman–Crippen LogP) is 2.25. The molecule has 0 amide bonds. The van der Waals surface area contributed by atoms with Gasteiger partial charge in [0.15, 0.2) is 0 Å². The van der Waals surface area contributed by atoms with Crippen molar-refractivity contribution in [2.45, 2.75) is 57.5 Å². The third kappa shape index (κ3) is 3.18. The van der Waals surface area contributed by atoms with E-state index in [0.717, 1.165) is 18.0 Å². The lowest BCUT2D eigenvalue weighted by Crippen LogP contribution is -2.43. The Hall–Kier alpha value is -0.0800. The van der Waals surface area contributed by atoms with Gasteiger partial charge in [-0.25, -0.2) is 0 Å². The van der Waals surface area contributed by atoms with Gasteiger partial charge in [-0.3, -0.25) is 0 Å². The zero-order valence-electron chi connectivity index (χ0n) is 10.3. The van der Waals surface area contributed by atoms with E-state index in [9.17, 15) is 0 Å². The molecule has 0 aromatic carbocycles. The Morgan fingerprint density at radius 1 is 1.07 bits per heavy atom. The third-order valence-electron chi connectivity index (χ3n) is 4.31. The summed E-state index contributed by atoms with van der Waals surface area (Å²) in [7, 11) is 2.25. The monoisotopic (exact) mass is 210 g/mol. The topological polar surface area (TPSA) is 15.3 Å². The van der Waals surface area contributed by atoms with Crippen molar-refractivity contribution in [2.24, 2.45) is 5.92 Å². The highest BCUT2D eigenvalue weighted by Gasteiger charge is 2.26. The summed E-state index contributed by atoms with van der Waals surface area (Å²) in [6.45, 7) is 4.95. The van der Waals surface area contributed by atoms with Crippen LogP contribution in [0.2, 0.25) is 0 Å². The van der Waals surface area contributed by atoms with E-state index in [0.29, 0.717) is 0 Å². The molecule has 2 aliphatic rings. The summed E-state index contributed by atoms with van der Waals surface area (Å²) in [5, 5.41) is 3.85. The smallest absolute Gasteiger partial charge is 0.00823 e. The van der Waals surface area contributed by atoms with Crippen molar-refractivity contribution >= 4 is 0 Å². The lowest BCUT2D eigenvalue weighted by atomic mass is 9.80. The molecule has 1 saturated heterocycles. The Morgan fingerprint density at radius 3 is 2.53 bits per heavy atom. The van der Waals surface area contributed by atoms with Gasteiger partial charge in [-0.15, -0.1) is 0 Å². The van der Waals surface area contributed by atoms with Gasteiger partial charge >= 0.3 is 0 Å². The van der Waals surface area contributed by atoms with Gasteiger partial charge in [-0.2, -0.15) is 0 Å². The maximum atomic E-state index is 3.85. The van der Waals surface area contributed by atoms with Crippen molar-refractivity contribution in [3.8, 4) is 0 Å². The quantitative estimate of drug-likeness (QED) is 0.768. The van der Waals surface area contributed by atoms with Crippen molar-refractivity contribution < 1.29 is 0 Å². The van der Waals surface area contributed by atoms with E-state index in [-0.39, 0.29) is 0 Å². The summed E-state index contributed by atoms with van der Waals surface area (Å²) in [6, 6.07) is 1.54. The Bertz CT molecular complexity index is 189. The van der Waals surface area contributed by atoms with Crippen LogP contribution in [0.15, 0.2) is 0 Å². The molecule has 2 atom stereocenters. The van der Waals surface area contributed by atoms with Crippen LogP contribution in [0, 0.1) is 5.92 Å². The van der Waals surface area contributed by atoms with Gasteiger partial charge in [-0.1, -0.05) is 6.42 Å². The average Bonchev–Trinajstić information content (AvgIpc) is 2.28. The molecule has 0 radical (unpaired) electrons. The summed E-state index contributed by atoms with van der Waals surface area (Å²) < 4.78 is 0. The molecule has 1 heterocycles. The van der Waals surface area contributed by atoms with E-state index >= 15 is 0 Å². The second-order valence-corrected chi connectivity index (χ2v) is 5.58. The number of nitrogens with one attached hydrogen (secondary N) is 1. The fourth-order valence-electron chi connectivity index (χ4n) is 2.85. The van der Waals surface area contributed by atoms with E-state index in [1.54, 1.807) is 0 Å². The van der Waals surface area contributed by atoms with Crippen LogP contribution in [-0.2, 0) is 0 Å². The van der Waals surface area contributed by atoms with Gasteiger partial charge in [0.25, 0.3) is 0 Å². The summed E-state index contributed by atoms with van der Waals surface area (Å²) in [5.74, 6) is 0.978. The molecule has 2 nitrogen and oxygen atoms in total. The molecule has 1 aliphatic carbocycles. The fraction of sp³-hybridized carbons (Fsp3) is 1.00. The van der Waals surface area contributed by atoms with E-state index < -0.39 is 0 Å². The molecule has 0 bridgehead atoms. The first-order valence-corrected chi connectivity index (χ1v) is 6.70. The molecule has 0 spiro atoms. The predicted molar refractivity (Wildman–Crippen MR) is 65.1 cm³/mol. The van der Waals surface area contributed by atoms with Crippen molar-refractivity contribution in [1.82, 2.24) is 10.2 Å². The lowest BCUT2D eigenvalue weighted by Gasteiger charge is -2.34. The zero-order valence-corrected chi connectivity index (χ0v) is 10.3. The summed E-state index contributed by atoms with van der Waals surface area (Å²) in [4.78, 5) is 2.47. The molecule has 0 aromatic rings. The number of rotatable bonds is 3. The SMILES string of the molecule is CC(NC1CCCN(C)CC1)C1CCC1. The Morgan fingerprint density at radius 2 is 1.87 bits per heavy atom. The molecular formula is C13H26N2. The van der Waals surface area contributed by atoms with Gasteiger partial charge in [0.1, 0.15) is 0 Å². The van der Waals surface area contributed by atoms with Gasteiger partial charge in [-0.05, 0) is 65.1 Å². The molecule has 0 aromatic heterocycles. The minimum absolute atomic E-state index is 0.757. The molecule has 15 heavy (non-hydrogen) atoms. The number of nitrogens with zero attached hydrogens (tertiary/aromatic N) is 1.